The number of rotatable bonds is 5. The van der Waals surface area contributed by atoms with Crippen LogP contribution in [0.5, 0.6) is 17.2 Å². The molecule has 0 unspecified atom stereocenters. The van der Waals surface area contributed by atoms with Crippen LogP contribution in [-0.2, 0) is 17.9 Å². The first-order chi connectivity index (χ1) is 12.1. The lowest BCUT2D eigenvalue weighted by molar-refractivity contribution is -0.0170. The van der Waals surface area contributed by atoms with Crippen LogP contribution in [0.1, 0.15) is 21.5 Å². The molecule has 1 aliphatic rings. The molecule has 0 atom stereocenters. The number of hydrogen-bond acceptors (Lipinski definition) is 5. The molecule has 0 bridgehead atoms. The van der Waals surface area contributed by atoms with Crippen LogP contribution in [0, 0.1) is 0 Å². The van der Waals surface area contributed by atoms with Gasteiger partial charge in [0.2, 0.25) is 0 Å². The molecular formula is C18H18ClNO5. The Kier molecular flexibility index (Phi) is 5.31. The van der Waals surface area contributed by atoms with Crippen molar-refractivity contribution in [3.8, 4) is 17.2 Å². The molecule has 6 nitrogen and oxygen atoms in total. The van der Waals surface area contributed by atoms with Crippen LogP contribution < -0.4 is 19.5 Å². The van der Waals surface area contributed by atoms with E-state index < -0.39 is 0 Å². The van der Waals surface area contributed by atoms with Crippen LogP contribution in [-0.4, -0.2) is 26.9 Å². The van der Waals surface area contributed by atoms with E-state index in [9.17, 15) is 4.79 Å². The smallest absolute Gasteiger partial charge is 0.251 e. The minimum absolute atomic E-state index is 0.183. The molecule has 0 radical (unpaired) electrons. The van der Waals surface area contributed by atoms with Crippen LogP contribution in [0.15, 0.2) is 30.3 Å². The van der Waals surface area contributed by atoms with Gasteiger partial charge in [-0.25, -0.2) is 0 Å². The number of fused-ring (bicyclic) bond motifs is 1. The van der Waals surface area contributed by atoms with Crippen LogP contribution in [0.25, 0.3) is 0 Å². The molecule has 0 spiro atoms. The van der Waals surface area contributed by atoms with Crippen molar-refractivity contribution < 1.29 is 23.7 Å². The van der Waals surface area contributed by atoms with Gasteiger partial charge in [-0.15, -0.1) is 0 Å². The van der Waals surface area contributed by atoms with Gasteiger partial charge in [0.25, 0.3) is 5.91 Å². The average molecular weight is 364 g/mol. The quantitative estimate of drug-likeness (QED) is 0.884. The summed E-state index contributed by atoms with van der Waals surface area (Å²) in [5.41, 5.74) is 2.11. The Labute approximate surface area is 150 Å². The number of benzene rings is 2. The van der Waals surface area contributed by atoms with E-state index >= 15 is 0 Å². The first kappa shape index (κ1) is 17.4. The number of amides is 1. The second-order valence-electron chi connectivity index (χ2n) is 5.45. The highest BCUT2D eigenvalue weighted by molar-refractivity contribution is 6.30. The molecular weight excluding hydrogens is 346 g/mol. The first-order valence-electron chi connectivity index (χ1n) is 7.64. The molecule has 0 fully saturated rings. The Morgan fingerprint density at radius 1 is 1.16 bits per heavy atom. The van der Waals surface area contributed by atoms with Crippen LogP contribution in [0.4, 0.5) is 0 Å². The zero-order valence-electron chi connectivity index (χ0n) is 13.9. The van der Waals surface area contributed by atoms with Gasteiger partial charge < -0.3 is 24.3 Å². The minimum atomic E-state index is -0.252. The molecule has 0 aromatic heterocycles. The molecule has 0 saturated heterocycles. The number of halogens is 1. The zero-order chi connectivity index (χ0) is 17.8. The Hall–Kier alpha value is -2.44. The van der Waals surface area contributed by atoms with Gasteiger partial charge in [0.15, 0.2) is 6.79 Å². The van der Waals surface area contributed by atoms with E-state index in [2.05, 4.69) is 5.32 Å². The fraction of sp³-hybridized carbons (Fsp3) is 0.278. The van der Waals surface area contributed by atoms with Crippen LogP contribution >= 0.6 is 11.6 Å². The third kappa shape index (κ3) is 3.97. The summed E-state index contributed by atoms with van der Waals surface area (Å²) in [5, 5.41) is 3.44. The summed E-state index contributed by atoms with van der Waals surface area (Å²) < 4.78 is 21.2. The summed E-state index contributed by atoms with van der Waals surface area (Å²) in [5.74, 6) is 1.55. The Balaban J connectivity index is 1.78. The maximum atomic E-state index is 12.5. The average Bonchev–Trinajstić information content (AvgIpc) is 2.65. The van der Waals surface area contributed by atoms with Gasteiger partial charge >= 0.3 is 0 Å². The van der Waals surface area contributed by atoms with E-state index in [4.69, 9.17) is 30.5 Å². The molecule has 1 aliphatic heterocycles. The SMILES string of the molecule is COc1cc(OC)cc(C(=O)NCc2cc(Cl)cc3c2OCOC3)c1. The van der Waals surface area contributed by atoms with E-state index in [1.165, 1.54) is 14.2 Å². The lowest BCUT2D eigenvalue weighted by Crippen LogP contribution is -2.24. The van der Waals surface area contributed by atoms with E-state index in [0.717, 1.165) is 11.1 Å². The maximum absolute atomic E-state index is 12.5. The van der Waals surface area contributed by atoms with Gasteiger partial charge in [0, 0.05) is 34.3 Å². The fourth-order valence-electron chi connectivity index (χ4n) is 2.60. The molecule has 132 valence electrons. The summed E-state index contributed by atoms with van der Waals surface area (Å²) in [6.45, 7) is 0.897. The molecule has 7 heteroatoms. The molecule has 2 aromatic carbocycles. The Morgan fingerprint density at radius 2 is 1.88 bits per heavy atom. The van der Waals surface area contributed by atoms with E-state index in [1.807, 2.05) is 0 Å². The number of hydrogen-bond donors (Lipinski definition) is 1. The maximum Gasteiger partial charge on any atom is 0.251 e. The van der Waals surface area contributed by atoms with Gasteiger partial charge in [-0.3, -0.25) is 4.79 Å². The lowest BCUT2D eigenvalue weighted by Gasteiger charge is -2.21. The summed E-state index contributed by atoms with van der Waals surface area (Å²) in [7, 11) is 3.07. The third-order valence-electron chi connectivity index (χ3n) is 3.80. The highest BCUT2D eigenvalue weighted by Crippen LogP contribution is 2.31. The Bertz CT molecular complexity index is 771. The molecule has 2 aromatic rings. The summed E-state index contributed by atoms with van der Waals surface area (Å²) in [6, 6.07) is 8.58. The number of nitrogens with one attached hydrogen (secondary N) is 1. The predicted molar refractivity (Wildman–Crippen MR) is 92.5 cm³/mol. The zero-order valence-corrected chi connectivity index (χ0v) is 14.7. The van der Waals surface area contributed by atoms with Gasteiger partial charge in [0.05, 0.1) is 20.8 Å². The summed E-state index contributed by atoms with van der Waals surface area (Å²) in [4.78, 5) is 12.5. The van der Waals surface area contributed by atoms with Crippen molar-refractivity contribution in [2.45, 2.75) is 13.2 Å². The van der Waals surface area contributed by atoms with Crippen molar-refractivity contribution in [1.29, 1.82) is 0 Å². The molecule has 1 heterocycles. The van der Waals surface area contributed by atoms with Gasteiger partial charge in [-0.1, -0.05) is 11.6 Å². The summed E-state index contributed by atoms with van der Waals surface area (Å²) in [6.07, 6.45) is 0. The third-order valence-corrected chi connectivity index (χ3v) is 4.02. The second kappa shape index (κ2) is 7.63. The minimum Gasteiger partial charge on any atom is -0.497 e. The molecule has 25 heavy (non-hydrogen) atoms. The molecule has 0 saturated carbocycles. The predicted octanol–water partition coefficient (Wildman–Crippen LogP) is 3.15. The molecule has 1 amide bonds. The number of carbonyl (C=O) groups is 1. The van der Waals surface area contributed by atoms with Crippen molar-refractivity contribution in [2.75, 3.05) is 21.0 Å². The highest BCUT2D eigenvalue weighted by atomic mass is 35.5. The van der Waals surface area contributed by atoms with Crippen molar-refractivity contribution in [3.05, 3.63) is 52.0 Å². The van der Waals surface area contributed by atoms with Crippen molar-refractivity contribution in [3.63, 3.8) is 0 Å². The van der Waals surface area contributed by atoms with Crippen LogP contribution in [0.2, 0.25) is 5.02 Å². The van der Waals surface area contributed by atoms with E-state index in [-0.39, 0.29) is 19.2 Å². The highest BCUT2D eigenvalue weighted by Gasteiger charge is 2.17. The molecule has 0 aliphatic carbocycles. The lowest BCUT2D eigenvalue weighted by atomic mass is 10.1. The largest absolute Gasteiger partial charge is 0.497 e. The summed E-state index contributed by atoms with van der Waals surface area (Å²) >= 11 is 6.14. The van der Waals surface area contributed by atoms with E-state index in [1.54, 1.807) is 30.3 Å². The van der Waals surface area contributed by atoms with Gasteiger partial charge in [-0.2, -0.15) is 0 Å². The van der Waals surface area contributed by atoms with Crippen molar-refractivity contribution >= 4 is 17.5 Å². The first-order valence-corrected chi connectivity index (χ1v) is 8.01. The fourth-order valence-corrected chi connectivity index (χ4v) is 2.87. The Morgan fingerprint density at radius 3 is 2.56 bits per heavy atom. The van der Waals surface area contributed by atoms with Crippen molar-refractivity contribution in [2.24, 2.45) is 0 Å². The van der Waals surface area contributed by atoms with Gasteiger partial charge in [-0.05, 0) is 24.3 Å². The molecule has 3 rings (SSSR count). The van der Waals surface area contributed by atoms with Crippen molar-refractivity contribution in [1.82, 2.24) is 5.32 Å². The topological polar surface area (TPSA) is 66.0 Å². The van der Waals surface area contributed by atoms with Crippen LogP contribution in [0.3, 0.4) is 0 Å². The number of methoxy groups -OCH3 is 2. The molecule has 1 N–H and O–H groups in total. The number of carbonyl (C=O) groups excluding carboxylic acids is 1. The van der Waals surface area contributed by atoms with E-state index in [0.29, 0.717) is 34.4 Å². The van der Waals surface area contributed by atoms with Gasteiger partial charge in [0.1, 0.15) is 17.2 Å². The second-order valence-corrected chi connectivity index (χ2v) is 5.88. The monoisotopic (exact) mass is 363 g/mol. The normalized spacial score (nSPS) is 12.8. The number of ether oxygens (including phenoxy) is 4. The standard InChI is InChI=1S/C18H18ClNO5/c1-22-15-5-11(6-16(7-15)23-2)18(21)20-8-12-3-14(19)4-13-9-24-10-25-17(12)13/h3-7H,8-10H2,1-2H3,(H,20,21).